The summed E-state index contributed by atoms with van der Waals surface area (Å²) >= 11 is 0. The van der Waals surface area contributed by atoms with Gasteiger partial charge in [0, 0.05) is 30.3 Å². The molecule has 0 radical (unpaired) electrons. The number of carbonyl (C=O) groups is 2. The van der Waals surface area contributed by atoms with Crippen LogP contribution in [0.2, 0.25) is 0 Å². The first-order valence-electron chi connectivity index (χ1n) is 10.4. The van der Waals surface area contributed by atoms with Gasteiger partial charge in [-0.15, -0.1) is 0 Å². The van der Waals surface area contributed by atoms with Gasteiger partial charge in [-0.05, 0) is 54.7 Å². The Balaban J connectivity index is 1.41. The van der Waals surface area contributed by atoms with E-state index < -0.39 is 0 Å². The molecule has 30 heavy (non-hydrogen) atoms. The summed E-state index contributed by atoms with van der Waals surface area (Å²) < 4.78 is 0. The van der Waals surface area contributed by atoms with Crippen molar-refractivity contribution >= 4 is 17.5 Å². The van der Waals surface area contributed by atoms with Crippen molar-refractivity contribution in [3.8, 4) is 0 Å². The number of amides is 2. The number of hydrogen-bond acceptors (Lipinski definition) is 2. The minimum absolute atomic E-state index is 0.0193. The number of anilines is 1. The number of benzene rings is 3. The minimum atomic E-state index is 0.0193. The largest absolute Gasteiger partial charge is 0.352 e. The average Bonchev–Trinajstić information content (AvgIpc) is 3.12. The van der Waals surface area contributed by atoms with Crippen molar-refractivity contribution in [3.63, 3.8) is 0 Å². The summed E-state index contributed by atoms with van der Waals surface area (Å²) in [5.41, 5.74) is 4.98. The molecular formula is C26H26N2O2. The lowest BCUT2D eigenvalue weighted by Crippen LogP contribution is -2.35. The van der Waals surface area contributed by atoms with Gasteiger partial charge in [-0.3, -0.25) is 9.59 Å². The Morgan fingerprint density at radius 3 is 2.37 bits per heavy atom. The van der Waals surface area contributed by atoms with Crippen LogP contribution in [0.1, 0.15) is 40.4 Å². The van der Waals surface area contributed by atoms with Gasteiger partial charge in [0.25, 0.3) is 5.91 Å². The van der Waals surface area contributed by atoms with E-state index >= 15 is 0 Å². The Bertz CT molecular complexity index is 1030. The fraction of sp³-hybridized carbons (Fsp3) is 0.231. The molecule has 2 amide bonds. The molecule has 1 N–H and O–H groups in total. The van der Waals surface area contributed by atoms with Crippen molar-refractivity contribution in [1.29, 1.82) is 0 Å². The van der Waals surface area contributed by atoms with Crippen LogP contribution in [0.5, 0.6) is 0 Å². The van der Waals surface area contributed by atoms with E-state index in [1.165, 1.54) is 5.56 Å². The van der Waals surface area contributed by atoms with Crippen LogP contribution in [-0.4, -0.2) is 17.9 Å². The molecular weight excluding hydrogens is 372 g/mol. The molecule has 1 aliphatic rings. The Morgan fingerprint density at radius 2 is 1.63 bits per heavy atom. The van der Waals surface area contributed by atoms with E-state index in [2.05, 4.69) is 18.3 Å². The molecule has 0 saturated heterocycles. The van der Waals surface area contributed by atoms with E-state index in [-0.39, 0.29) is 17.9 Å². The van der Waals surface area contributed by atoms with Crippen molar-refractivity contribution in [1.82, 2.24) is 5.32 Å². The number of fused-ring (bicyclic) bond motifs is 1. The van der Waals surface area contributed by atoms with Crippen molar-refractivity contribution in [2.45, 2.75) is 38.8 Å². The van der Waals surface area contributed by atoms with Gasteiger partial charge in [-0.2, -0.15) is 0 Å². The molecule has 3 aromatic carbocycles. The third kappa shape index (κ3) is 4.43. The average molecular weight is 399 g/mol. The van der Waals surface area contributed by atoms with E-state index in [0.717, 1.165) is 29.7 Å². The normalized spacial score (nSPS) is 15.0. The zero-order valence-electron chi connectivity index (χ0n) is 17.2. The van der Waals surface area contributed by atoms with Crippen LogP contribution in [0.15, 0.2) is 78.9 Å². The summed E-state index contributed by atoms with van der Waals surface area (Å²) in [5, 5.41) is 3.00. The Labute approximate surface area is 177 Å². The maximum Gasteiger partial charge on any atom is 0.258 e. The lowest BCUT2D eigenvalue weighted by Gasteiger charge is -2.23. The summed E-state index contributed by atoms with van der Waals surface area (Å²) in [7, 11) is 0. The monoisotopic (exact) mass is 398 g/mol. The summed E-state index contributed by atoms with van der Waals surface area (Å²) in [6.07, 6.45) is 2.04. The van der Waals surface area contributed by atoms with E-state index in [1.807, 2.05) is 77.7 Å². The standard InChI is InChI=1S/C26H26N2O2/c1-19-16-23-14-12-21(18-27-25(29)15-13-20-8-4-2-5-9-20)17-24(23)28(19)26(30)22-10-6-3-7-11-22/h2-12,14,17,19H,13,15-16,18H2,1H3,(H,27,29)/t19-/m1/s1. The number of aryl methyl sites for hydroxylation is 1. The number of hydrogen-bond donors (Lipinski definition) is 1. The molecule has 0 spiro atoms. The molecule has 1 aliphatic heterocycles. The molecule has 1 heterocycles. The highest BCUT2D eigenvalue weighted by Crippen LogP contribution is 2.34. The third-order valence-corrected chi connectivity index (χ3v) is 5.58. The first-order chi connectivity index (χ1) is 14.6. The lowest BCUT2D eigenvalue weighted by atomic mass is 10.1. The molecule has 0 aromatic heterocycles. The molecule has 0 unspecified atom stereocenters. The van der Waals surface area contributed by atoms with Gasteiger partial charge in [-0.1, -0.05) is 60.7 Å². The highest BCUT2D eigenvalue weighted by Gasteiger charge is 2.31. The maximum atomic E-state index is 13.1. The molecule has 1 atom stereocenters. The number of rotatable bonds is 6. The lowest BCUT2D eigenvalue weighted by molar-refractivity contribution is -0.121. The Kier molecular flexibility index (Phi) is 5.94. The molecule has 0 bridgehead atoms. The number of nitrogens with zero attached hydrogens (tertiary/aromatic N) is 1. The molecule has 0 fully saturated rings. The highest BCUT2D eigenvalue weighted by atomic mass is 16.2. The summed E-state index contributed by atoms with van der Waals surface area (Å²) in [6, 6.07) is 25.7. The van der Waals surface area contributed by atoms with Gasteiger partial charge < -0.3 is 10.2 Å². The van der Waals surface area contributed by atoms with Gasteiger partial charge in [0.15, 0.2) is 0 Å². The SMILES string of the molecule is C[C@@H]1Cc2ccc(CNC(=O)CCc3ccccc3)cc2N1C(=O)c1ccccc1. The van der Waals surface area contributed by atoms with Gasteiger partial charge in [0.1, 0.15) is 0 Å². The second kappa shape index (κ2) is 8.95. The van der Waals surface area contributed by atoms with Gasteiger partial charge >= 0.3 is 0 Å². The smallest absolute Gasteiger partial charge is 0.258 e. The minimum Gasteiger partial charge on any atom is -0.352 e. The third-order valence-electron chi connectivity index (χ3n) is 5.58. The molecule has 4 nitrogen and oxygen atoms in total. The van der Waals surface area contributed by atoms with Crippen LogP contribution in [0, 0.1) is 0 Å². The van der Waals surface area contributed by atoms with E-state index in [9.17, 15) is 9.59 Å². The molecule has 3 aromatic rings. The molecule has 0 saturated carbocycles. The van der Waals surface area contributed by atoms with Crippen LogP contribution < -0.4 is 10.2 Å². The molecule has 0 aliphatic carbocycles. The fourth-order valence-electron chi connectivity index (χ4n) is 3.98. The van der Waals surface area contributed by atoms with Crippen molar-refractivity contribution < 1.29 is 9.59 Å². The summed E-state index contributed by atoms with van der Waals surface area (Å²) in [4.78, 5) is 27.2. The molecule has 4 rings (SSSR count). The predicted octanol–water partition coefficient (Wildman–Crippen LogP) is 4.53. The Morgan fingerprint density at radius 1 is 0.933 bits per heavy atom. The topological polar surface area (TPSA) is 49.4 Å². The maximum absolute atomic E-state index is 13.1. The second-order valence-electron chi connectivity index (χ2n) is 7.82. The van der Waals surface area contributed by atoms with Gasteiger partial charge in [0.2, 0.25) is 5.91 Å². The first-order valence-corrected chi connectivity index (χ1v) is 10.4. The zero-order chi connectivity index (χ0) is 20.9. The van der Waals surface area contributed by atoms with Crippen molar-refractivity contribution in [2.75, 3.05) is 4.90 Å². The van der Waals surface area contributed by atoms with Gasteiger partial charge in [-0.25, -0.2) is 0 Å². The summed E-state index contributed by atoms with van der Waals surface area (Å²) in [5.74, 6) is 0.0517. The van der Waals surface area contributed by atoms with Crippen LogP contribution in [0.25, 0.3) is 0 Å². The second-order valence-corrected chi connectivity index (χ2v) is 7.82. The van der Waals surface area contributed by atoms with E-state index in [0.29, 0.717) is 18.5 Å². The van der Waals surface area contributed by atoms with Gasteiger partial charge in [0.05, 0.1) is 0 Å². The molecule has 4 heteroatoms. The molecule has 152 valence electrons. The number of carbonyl (C=O) groups excluding carboxylic acids is 2. The van der Waals surface area contributed by atoms with E-state index in [1.54, 1.807) is 0 Å². The van der Waals surface area contributed by atoms with Crippen LogP contribution in [0.3, 0.4) is 0 Å². The van der Waals surface area contributed by atoms with E-state index in [4.69, 9.17) is 0 Å². The highest BCUT2D eigenvalue weighted by molar-refractivity contribution is 6.07. The van der Waals surface area contributed by atoms with Crippen molar-refractivity contribution in [3.05, 3.63) is 101 Å². The van der Waals surface area contributed by atoms with Crippen LogP contribution in [-0.2, 0) is 24.2 Å². The first kappa shape index (κ1) is 19.9. The van der Waals surface area contributed by atoms with Crippen molar-refractivity contribution in [2.24, 2.45) is 0 Å². The van der Waals surface area contributed by atoms with Crippen LogP contribution in [0.4, 0.5) is 5.69 Å². The quantitative estimate of drug-likeness (QED) is 0.663. The predicted molar refractivity (Wildman–Crippen MR) is 119 cm³/mol. The zero-order valence-corrected chi connectivity index (χ0v) is 17.2. The fourth-order valence-corrected chi connectivity index (χ4v) is 3.98. The van der Waals surface area contributed by atoms with Crippen LogP contribution >= 0.6 is 0 Å². The Hall–Kier alpha value is -3.40. The number of nitrogens with one attached hydrogen (secondary N) is 1. The summed E-state index contributed by atoms with van der Waals surface area (Å²) in [6.45, 7) is 2.54.